The molecule has 0 amide bonds. The molecule has 2 nitrogen and oxygen atoms in total. The van der Waals surface area contributed by atoms with Crippen molar-refractivity contribution >= 4 is 11.3 Å². The zero-order chi connectivity index (χ0) is 10.9. The molecule has 2 unspecified atom stereocenters. The lowest BCUT2D eigenvalue weighted by atomic mass is 9.66. The molecule has 1 aliphatic rings. The fourth-order valence-corrected chi connectivity index (χ4v) is 3.09. The molecule has 1 heterocycles. The highest BCUT2D eigenvalue weighted by Gasteiger charge is 2.35. The Kier molecular flexibility index (Phi) is 3.12. The molecule has 0 radical (unpaired) electrons. The van der Waals surface area contributed by atoms with Gasteiger partial charge >= 0.3 is 0 Å². The van der Waals surface area contributed by atoms with Crippen LogP contribution in [0.2, 0.25) is 0 Å². The summed E-state index contributed by atoms with van der Waals surface area (Å²) in [6, 6.07) is 0.404. The zero-order valence-corrected chi connectivity index (χ0v) is 10.4. The Labute approximate surface area is 95.9 Å². The van der Waals surface area contributed by atoms with Crippen LogP contribution in [-0.4, -0.2) is 11.0 Å². The van der Waals surface area contributed by atoms with Crippen LogP contribution in [0.3, 0.4) is 0 Å². The molecule has 0 aliphatic heterocycles. The summed E-state index contributed by atoms with van der Waals surface area (Å²) in [5.74, 6) is 0.698. The highest BCUT2D eigenvalue weighted by atomic mass is 32.1. The number of nitrogens with two attached hydrogens (primary N) is 1. The van der Waals surface area contributed by atoms with Crippen LogP contribution in [0.5, 0.6) is 0 Å². The molecule has 3 heteroatoms. The first-order valence-electron chi connectivity index (χ1n) is 5.70. The van der Waals surface area contributed by atoms with Crippen molar-refractivity contribution < 1.29 is 0 Å². The van der Waals surface area contributed by atoms with E-state index in [1.807, 2.05) is 5.51 Å². The van der Waals surface area contributed by atoms with Crippen molar-refractivity contribution in [3.63, 3.8) is 0 Å². The van der Waals surface area contributed by atoms with Gasteiger partial charge in [0.05, 0.1) is 11.2 Å². The van der Waals surface area contributed by atoms with Gasteiger partial charge in [0.15, 0.2) is 0 Å². The summed E-state index contributed by atoms with van der Waals surface area (Å²) in [5.41, 5.74) is 9.65. The number of aromatic nitrogens is 1. The van der Waals surface area contributed by atoms with E-state index in [-0.39, 0.29) is 0 Å². The third-order valence-electron chi connectivity index (χ3n) is 3.79. The monoisotopic (exact) mass is 224 g/mol. The normalized spacial score (nSPS) is 30.3. The van der Waals surface area contributed by atoms with Crippen molar-refractivity contribution in [3.05, 3.63) is 16.6 Å². The fraction of sp³-hybridized carbons (Fsp3) is 0.750. The van der Waals surface area contributed by atoms with E-state index >= 15 is 0 Å². The Hall–Kier alpha value is -0.410. The predicted octanol–water partition coefficient (Wildman–Crippen LogP) is 2.84. The Bertz CT molecular complexity index is 305. The minimum atomic E-state index is 0.404. The summed E-state index contributed by atoms with van der Waals surface area (Å²) >= 11 is 1.69. The maximum absolute atomic E-state index is 6.06. The van der Waals surface area contributed by atoms with E-state index in [4.69, 9.17) is 5.73 Å². The van der Waals surface area contributed by atoms with E-state index in [2.05, 4.69) is 24.2 Å². The zero-order valence-electron chi connectivity index (χ0n) is 9.57. The first-order valence-corrected chi connectivity index (χ1v) is 6.65. The topological polar surface area (TPSA) is 38.9 Å². The summed E-state index contributed by atoms with van der Waals surface area (Å²) in [6.45, 7) is 4.74. The second kappa shape index (κ2) is 4.22. The molecule has 15 heavy (non-hydrogen) atoms. The van der Waals surface area contributed by atoms with E-state index in [0.29, 0.717) is 17.4 Å². The minimum absolute atomic E-state index is 0.404. The summed E-state index contributed by atoms with van der Waals surface area (Å²) in [6.07, 6.45) is 4.69. The number of rotatable bonds is 2. The number of thiazole rings is 1. The highest BCUT2D eigenvalue weighted by molar-refractivity contribution is 7.07. The molecule has 1 fully saturated rings. The number of hydrogen-bond donors (Lipinski definition) is 1. The van der Waals surface area contributed by atoms with Crippen LogP contribution < -0.4 is 5.73 Å². The molecule has 1 saturated carbocycles. The maximum Gasteiger partial charge on any atom is 0.0794 e. The van der Waals surface area contributed by atoms with Gasteiger partial charge in [-0.1, -0.05) is 13.8 Å². The third-order valence-corrected chi connectivity index (χ3v) is 4.43. The van der Waals surface area contributed by atoms with Crippen LogP contribution in [0.4, 0.5) is 0 Å². The van der Waals surface area contributed by atoms with Crippen molar-refractivity contribution in [2.45, 2.75) is 45.6 Å². The van der Waals surface area contributed by atoms with Gasteiger partial charge in [-0.15, -0.1) is 11.3 Å². The molecule has 1 aromatic rings. The molecule has 0 bridgehead atoms. The van der Waals surface area contributed by atoms with Crippen LogP contribution in [0.15, 0.2) is 10.9 Å². The Morgan fingerprint density at radius 2 is 2.40 bits per heavy atom. The standard InChI is InChI=1S/C12H20N2S/c1-12(2)4-3-10(13)5-9(12)6-11-7-15-8-14-11/h7-10H,3-6,13H2,1-2H3. The molecule has 2 N–H and O–H groups in total. The van der Waals surface area contributed by atoms with Crippen molar-refractivity contribution in [1.82, 2.24) is 4.98 Å². The van der Waals surface area contributed by atoms with Crippen LogP contribution in [-0.2, 0) is 6.42 Å². The summed E-state index contributed by atoms with van der Waals surface area (Å²) in [4.78, 5) is 4.38. The van der Waals surface area contributed by atoms with Gasteiger partial charge < -0.3 is 5.73 Å². The first kappa shape index (κ1) is 11.1. The Balaban J connectivity index is 2.05. The number of nitrogens with zero attached hydrogens (tertiary/aromatic N) is 1. The fourth-order valence-electron chi connectivity index (χ4n) is 2.51. The molecule has 2 atom stereocenters. The van der Waals surface area contributed by atoms with Crippen LogP contribution in [0.25, 0.3) is 0 Å². The SMILES string of the molecule is CC1(C)CCC(N)CC1Cc1cscn1. The van der Waals surface area contributed by atoms with Crippen LogP contribution in [0.1, 0.15) is 38.8 Å². The van der Waals surface area contributed by atoms with E-state index in [9.17, 15) is 0 Å². The van der Waals surface area contributed by atoms with E-state index in [1.54, 1.807) is 11.3 Å². The molecule has 0 saturated heterocycles. The van der Waals surface area contributed by atoms with E-state index < -0.39 is 0 Å². The van der Waals surface area contributed by atoms with Gasteiger partial charge in [-0.3, -0.25) is 0 Å². The van der Waals surface area contributed by atoms with Crippen molar-refractivity contribution in [2.75, 3.05) is 0 Å². The average molecular weight is 224 g/mol. The molecule has 1 aromatic heterocycles. The van der Waals surface area contributed by atoms with E-state index in [0.717, 1.165) is 12.8 Å². The summed E-state index contributed by atoms with van der Waals surface area (Å²) < 4.78 is 0. The molecule has 1 aliphatic carbocycles. The largest absolute Gasteiger partial charge is 0.328 e. The predicted molar refractivity (Wildman–Crippen MR) is 64.9 cm³/mol. The van der Waals surface area contributed by atoms with Crippen LogP contribution in [0, 0.1) is 11.3 Å². The summed E-state index contributed by atoms with van der Waals surface area (Å²) in [5, 5.41) is 2.16. The summed E-state index contributed by atoms with van der Waals surface area (Å²) in [7, 11) is 0. The van der Waals surface area contributed by atoms with Gasteiger partial charge in [0.1, 0.15) is 0 Å². The van der Waals surface area contributed by atoms with Gasteiger partial charge in [0.2, 0.25) is 0 Å². The van der Waals surface area contributed by atoms with Crippen LogP contribution >= 0.6 is 11.3 Å². The molecular weight excluding hydrogens is 204 g/mol. The van der Waals surface area contributed by atoms with Gasteiger partial charge in [0.25, 0.3) is 0 Å². The highest BCUT2D eigenvalue weighted by Crippen LogP contribution is 2.41. The minimum Gasteiger partial charge on any atom is -0.328 e. The quantitative estimate of drug-likeness (QED) is 0.839. The van der Waals surface area contributed by atoms with Crippen molar-refractivity contribution in [1.29, 1.82) is 0 Å². The van der Waals surface area contributed by atoms with E-state index in [1.165, 1.54) is 18.5 Å². The van der Waals surface area contributed by atoms with Gasteiger partial charge in [0, 0.05) is 11.4 Å². The Morgan fingerprint density at radius 1 is 1.60 bits per heavy atom. The lowest BCUT2D eigenvalue weighted by Crippen LogP contribution is -2.39. The van der Waals surface area contributed by atoms with Crippen molar-refractivity contribution in [3.8, 4) is 0 Å². The maximum atomic E-state index is 6.06. The lowest BCUT2D eigenvalue weighted by molar-refractivity contribution is 0.123. The molecule has 0 spiro atoms. The Morgan fingerprint density at radius 3 is 3.07 bits per heavy atom. The second-order valence-electron chi connectivity index (χ2n) is 5.40. The third kappa shape index (κ3) is 2.58. The van der Waals surface area contributed by atoms with Crippen molar-refractivity contribution in [2.24, 2.45) is 17.1 Å². The smallest absolute Gasteiger partial charge is 0.0794 e. The van der Waals surface area contributed by atoms with Gasteiger partial charge in [-0.25, -0.2) is 4.98 Å². The molecular formula is C12H20N2S. The molecule has 0 aromatic carbocycles. The van der Waals surface area contributed by atoms with Gasteiger partial charge in [-0.2, -0.15) is 0 Å². The lowest BCUT2D eigenvalue weighted by Gasteiger charge is -2.41. The first-order chi connectivity index (χ1) is 7.08. The van der Waals surface area contributed by atoms with Gasteiger partial charge in [-0.05, 0) is 37.0 Å². The average Bonchev–Trinajstić information content (AvgIpc) is 2.65. The molecule has 84 valence electrons. The molecule has 2 rings (SSSR count). The second-order valence-corrected chi connectivity index (χ2v) is 6.12. The number of hydrogen-bond acceptors (Lipinski definition) is 3.